The van der Waals surface area contributed by atoms with Gasteiger partial charge in [-0.25, -0.2) is 4.39 Å². The molecule has 8 heteroatoms. The molecule has 0 atom stereocenters. The summed E-state index contributed by atoms with van der Waals surface area (Å²) in [7, 11) is 0. The van der Waals surface area contributed by atoms with Crippen LogP contribution < -0.4 is 0 Å². The summed E-state index contributed by atoms with van der Waals surface area (Å²) in [4.78, 5) is 13.5. The fraction of sp³-hybridized carbons (Fsp3) is 0.286. The number of carbonyl (C=O) groups excluding carboxylic acids is 1. The number of hydrogen-bond donors (Lipinski definition) is 0. The van der Waals surface area contributed by atoms with E-state index in [1.807, 2.05) is 0 Å². The van der Waals surface area contributed by atoms with Crippen molar-refractivity contribution in [3.8, 4) is 11.3 Å². The molecular formula is C14H10Cl3FN2O2. The Morgan fingerprint density at radius 1 is 1.27 bits per heavy atom. The first-order valence-electron chi connectivity index (χ1n) is 6.45. The van der Waals surface area contributed by atoms with E-state index < -0.39 is 9.70 Å². The number of hydrogen-bond acceptors (Lipinski definition) is 3. The summed E-state index contributed by atoms with van der Waals surface area (Å²) in [5, 5.41) is 4.01. The highest BCUT2D eigenvalue weighted by Crippen LogP contribution is 2.34. The van der Waals surface area contributed by atoms with E-state index in [1.54, 1.807) is 12.1 Å². The quantitative estimate of drug-likeness (QED) is 0.725. The summed E-state index contributed by atoms with van der Waals surface area (Å²) in [6, 6.07) is 5.84. The minimum absolute atomic E-state index is 0.234. The zero-order valence-electron chi connectivity index (χ0n) is 11.2. The number of fused-ring (bicyclic) bond motifs is 1. The largest absolute Gasteiger partial charge is 0.356 e. The fourth-order valence-electron chi connectivity index (χ4n) is 2.39. The second kappa shape index (κ2) is 5.72. The van der Waals surface area contributed by atoms with Crippen molar-refractivity contribution in [2.24, 2.45) is 0 Å². The molecule has 2 aromatic rings. The summed E-state index contributed by atoms with van der Waals surface area (Å²) in [5.41, 5.74) is 2.19. The Morgan fingerprint density at radius 3 is 2.59 bits per heavy atom. The molecule has 0 fully saturated rings. The first-order chi connectivity index (χ1) is 10.4. The van der Waals surface area contributed by atoms with Crippen LogP contribution >= 0.6 is 34.8 Å². The molecular weight excluding hydrogens is 354 g/mol. The van der Waals surface area contributed by atoms with Crippen molar-refractivity contribution in [3.63, 3.8) is 0 Å². The van der Waals surface area contributed by atoms with Gasteiger partial charge in [0.05, 0.1) is 12.2 Å². The molecule has 0 saturated carbocycles. The smallest absolute Gasteiger partial charge is 0.275 e. The van der Waals surface area contributed by atoms with Crippen LogP contribution in [0, 0.1) is 5.82 Å². The minimum atomic E-state index is -2.00. The van der Waals surface area contributed by atoms with Gasteiger partial charge < -0.3 is 9.42 Å². The number of rotatable bonds is 1. The lowest BCUT2D eigenvalue weighted by molar-refractivity contribution is -0.131. The topological polar surface area (TPSA) is 46.3 Å². The maximum atomic E-state index is 13.0. The molecule has 22 heavy (non-hydrogen) atoms. The molecule has 1 amide bonds. The molecule has 0 radical (unpaired) electrons. The van der Waals surface area contributed by atoms with E-state index in [0.29, 0.717) is 24.3 Å². The molecule has 3 rings (SSSR count). The Hall–Kier alpha value is -1.30. The van der Waals surface area contributed by atoms with Crippen LogP contribution in [0.4, 0.5) is 4.39 Å². The van der Waals surface area contributed by atoms with Crippen LogP contribution in [0.15, 0.2) is 28.8 Å². The SMILES string of the molecule is O=C(N1CCc2noc(-c3ccc(F)cc3)c2C1)C(Cl)(Cl)Cl. The van der Waals surface area contributed by atoms with Crippen molar-refractivity contribution < 1.29 is 13.7 Å². The van der Waals surface area contributed by atoms with Crippen molar-refractivity contribution in [1.29, 1.82) is 0 Å². The van der Waals surface area contributed by atoms with E-state index in [2.05, 4.69) is 5.16 Å². The molecule has 0 saturated heterocycles. The summed E-state index contributed by atoms with van der Waals surface area (Å²) in [6.45, 7) is 0.632. The number of amides is 1. The first-order valence-corrected chi connectivity index (χ1v) is 7.59. The van der Waals surface area contributed by atoms with Gasteiger partial charge >= 0.3 is 0 Å². The van der Waals surface area contributed by atoms with Crippen LogP contribution in [0.5, 0.6) is 0 Å². The van der Waals surface area contributed by atoms with Gasteiger partial charge in [-0.05, 0) is 24.3 Å². The Labute approximate surface area is 140 Å². The highest BCUT2D eigenvalue weighted by Gasteiger charge is 2.38. The first kappa shape index (κ1) is 15.6. The van der Waals surface area contributed by atoms with Crippen LogP contribution in [0.2, 0.25) is 0 Å². The molecule has 1 aliphatic heterocycles. The number of aromatic nitrogens is 1. The van der Waals surface area contributed by atoms with E-state index >= 15 is 0 Å². The van der Waals surface area contributed by atoms with Crippen LogP contribution in [0.1, 0.15) is 11.3 Å². The number of halogens is 4. The fourth-order valence-corrected chi connectivity index (χ4v) is 2.75. The highest BCUT2D eigenvalue weighted by molar-refractivity contribution is 6.76. The molecule has 1 aromatic carbocycles. The third-order valence-corrected chi connectivity index (χ3v) is 3.96. The molecule has 4 nitrogen and oxygen atoms in total. The normalized spacial score (nSPS) is 14.8. The average Bonchev–Trinajstić information content (AvgIpc) is 2.89. The van der Waals surface area contributed by atoms with Gasteiger partial charge in [0.15, 0.2) is 5.76 Å². The van der Waals surface area contributed by atoms with Gasteiger partial charge in [-0.2, -0.15) is 0 Å². The number of carbonyl (C=O) groups is 1. The third-order valence-electron chi connectivity index (χ3n) is 3.47. The van der Waals surface area contributed by atoms with Crippen LogP contribution in [-0.2, 0) is 17.8 Å². The van der Waals surface area contributed by atoms with Gasteiger partial charge in [-0.1, -0.05) is 40.0 Å². The Balaban J connectivity index is 1.92. The van der Waals surface area contributed by atoms with Gasteiger partial charge in [0.1, 0.15) is 5.82 Å². The predicted molar refractivity (Wildman–Crippen MR) is 81.3 cm³/mol. The molecule has 0 unspecified atom stereocenters. The Bertz CT molecular complexity index is 710. The van der Waals surface area contributed by atoms with Gasteiger partial charge in [0.25, 0.3) is 9.70 Å². The summed E-state index contributed by atoms with van der Waals surface area (Å²) in [6.07, 6.45) is 0.506. The lowest BCUT2D eigenvalue weighted by atomic mass is 10.0. The van der Waals surface area contributed by atoms with E-state index in [-0.39, 0.29) is 12.4 Å². The van der Waals surface area contributed by atoms with Crippen molar-refractivity contribution in [2.75, 3.05) is 6.54 Å². The summed E-state index contributed by atoms with van der Waals surface area (Å²) >= 11 is 17.0. The van der Waals surface area contributed by atoms with E-state index in [9.17, 15) is 9.18 Å². The molecule has 0 bridgehead atoms. The molecule has 0 N–H and O–H groups in total. The van der Waals surface area contributed by atoms with Gasteiger partial charge in [0.2, 0.25) is 0 Å². The van der Waals surface area contributed by atoms with Crippen molar-refractivity contribution in [2.45, 2.75) is 16.8 Å². The summed E-state index contributed by atoms with van der Waals surface area (Å²) in [5.74, 6) is -0.434. The predicted octanol–water partition coefficient (Wildman–Crippen LogP) is 3.74. The Kier molecular flexibility index (Phi) is 4.05. The van der Waals surface area contributed by atoms with Crippen LogP contribution in [0.3, 0.4) is 0 Å². The number of alkyl halides is 3. The second-order valence-electron chi connectivity index (χ2n) is 4.92. The number of nitrogens with zero attached hydrogens (tertiary/aromatic N) is 2. The van der Waals surface area contributed by atoms with Gasteiger partial charge in [0, 0.05) is 24.1 Å². The van der Waals surface area contributed by atoms with Crippen LogP contribution in [0.25, 0.3) is 11.3 Å². The maximum Gasteiger partial charge on any atom is 0.275 e. The van der Waals surface area contributed by atoms with E-state index in [0.717, 1.165) is 11.3 Å². The second-order valence-corrected chi connectivity index (χ2v) is 7.20. The van der Waals surface area contributed by atoms with Crippen LogP contribution in [-0.4, -0.2) is 26.3 Å². The van der Waals surface area contributed by atoms with Gasteiger partial charge in [-0.15, -0.1) is 0 Å². The standard InChI is InChI=1S/C14H10Cl3FN2O2/c15-14(16,17)13(21)20-6-5-11-10(7-20)12(22-19-11)8-1-3-9(18)4-2-8/h1-4H,5-7H2. The number of benzene rings is 1. The molecule has 0 aliphatic carbocycles. The van der Waals surface area contributed by atoms with Gasteiger partial charge in [-0.3, -0.25) is 4.79 Å². The lowest BCUT2D eigenvalue weighted by Crippen LogP contribution is -2.42. The van der Waals surface area contributed by atoms with Crippen molar-refractivity contribution >= 4 is 40.7 Å². The van der Waals surface area contributed by atoms with Crippen molar-refractivity contribution in [3.05, 3.63) is 41.3 Å². The van der Waals surface area contributed by atoms with E-state index in [4.69, 9.17) is 39.3 Å². The summed E-state index contributed by atoms with van der Waals surface area (Å²) < 4.78 is 16.4. The molecule has 2 heterocycles. The molecule has 0 spiro atoms. The zero-order valence-corrected chi connectivity index (χ0v) is 13.4. The third kappa shape index (κ3) is 2.93. The minimum Gasteiger partial charge on any atom is -0.356 e. The monoisotopic (exact) mass is 362 g/mol. The maximum absolute atomic E-state index is 13.0. The highest BCUT2D eigenvalue weighted by atomic mass is 35.6. The zero-order chi connectivity index (χ0) is 15.9. The van der Waals surface area contributed by atoms with Crippen molar-refractivity contribution in [1.82, 2.24) is 10.1 Å². The molecule has 116 valence electrons. The molecule has 1 aliphatic rings. The van der Waals surface area contributed by atoms with E-state index in [1.165, 1.54) is 17.0 Å². The lowest BCUT2D eigenvalue weighted by Gasteiger charge is -2.28. The average molecular weight is 364 g/mol. The Morgan fingerprint density at radius 2 is 1.95 bits per heavy atom. The molecule has 1 aromatic heterocycles.